The van der Waals surface area contributed by atoms with E-state index in [0.29, 0.717) is 29.2 Å². The number of pyridine rings is 1. The second kappa shape index (κ2) is 6.93. The summed E-state index contributed by atoms with van der Waals surface area (Å²) in [5.41, 5.74) is 2.80. The number of benzene rings is 1. The normalized spacial score (nSPS) is 10.2. The number of carbonyl (C=O) groups excluding carboxylic acids is 1. The van der Waals surface area contributed by atoms with Crippen LogP contribution < -0.4 is 14.2 Å². The van der Waals surface area contributed by atoms with Crippen molar-refractivity contribution in [2.45, 2.75) is 13.3 Å². The monoisotopic (exact) mass is 301 g/mol. The largest absolute Gasteiger partial charge is 0.496 e. The summed E-state index contributed by atoms with van der Waals surface area (Å²) in [5.74, 6) is 1.54. The third kappa shape index (κ3) is 2.74. The highest BCUT2D eigenvalue weighted by Crippen LogP contribution is 2.43. The molecule has 0 radical (unpaired) electrons. The fourth-order valence-electron chi connectivity index (χ4n) is 2.59. The number of aromatic nitrogens is 1. The average Bonchev–Trinajstić information content (AvgIpc) is 2.55. The van der Waals surface area contributed by atoms with Gasteiger partial charge in [-0.15, -0.1) is 0 Å². The summed E-state index contributed by atoms with van der Waals surface area (Å²) in [6.45, 7) is 1.87. The van der Waals surface area contributed by atoms with Crippen molar-refractivity contribution in [3.05, 3.63) is 46.8 Å². The summed E-state index contributed by atoms with van der Waals surface area (Å²) in [6.07, 6.45) is 2.96. The Kier molecular flexibility index (Phi) is 4.99. The lowest BCUT2D eigenvalue weighted by Gasteiger charge is -2.20. The van der Waals surface area contributed by atoms with E-state index in [2.05, 4.69) is 4.98 Å². The summed E-state index contributed by atoms with van der Waals surface area (Å²) in [7, 11) is 4.63. The molecule has 2 rings (SSSR count). The van der Waals surface area contributed by atoms with E-state index in [-0.39, 0.29) is 0 Å². The number of carbonyl (C=O) groups is 1. The summed E-state index contributed by atoms with van der Waals surface area (Å²) in [6, 6.07) is 5.66. The number of hydrogen-bond donors (Lipinski definition) is 0. The zero-order valence-corrected chi connectivity index (χ0v) is 13.2. The number of ether oxygens (including phenoxy) is 3. The molecular weight excluding hydrogens is 282 g/mol. The summed E-state index contributed by atoms with van der Waals surface area (Å²) < 4.78 is 16.3. The molecule has 1 aromatic heterocycles. The van der Waals surface area contributed by atoms with Crippen molar-refractivity contribution < 1.29 is 19.0 Å². The first-order valence-corrected chi connectivity index (χ1v) is 6.84. The van der Waals surface area contributed by atoms with Gasteiger partial charge in [-0.1, -0.05) is 6.07 Å². The molecule has 2 aromatic rings. The minimum Gasteiger partial charge on any atom is -0.496 e. The molecule has 0 N–H and O–H groups in total. The Morgan fingerprint density at radius 3 is 2.23 bits per heavy atom. The lowest BCUT2D eigenvalue weighted by Crippen LogP contribution is -2.07. The zero-order chi connectivity index (χ0) is 16.1. The Morgan fingerprint density at radius 1 is 1.05 bits per heavy atom. The molecule has 22 heavy (non-hydrogen) atoms. The molecule has 0 fully saturated rings. The van der Waals surface area contributed by atoms with Gasteiger partial charge in [-0.3, -0.25) is 9.78 Å². The van der Waals surface area contributed by atoms with Gasteiger partial charge in [0.15, 0.2) is 17.8 Å². The van der Waals surface area contributed by atoms with Crippen LogP contribution in [0.2, 0.25) is 0 Å². The molecule has 5 nitrogen and oxygen atoms in total. The fraction of sp³-hybridized carbons (Fsp3) is 0.294. The van der Waals surface area contributed by atoms with Crippen molar-refractivity contribution in [3.63, 3.8) is 0 Å². The molecule has 116 valence electrons. The summed E-state index contributed by atoms with van der Waals surface area (Å²) in [5, 5.41) is 0. The van der Waals surface area contributed by atoms with Crippen LogP contribution in [0.1, 0.15) is 27.2 Å². The van der Waals surface area contributed by atoms with Gasteiger partial charge in [-0.2, -0.15) is 0 Å². The van der Waals surface area contributed by atoms with Crippen LogP contribution in [0.5, 0.6) is 17.2 Å². The van der Waals surface area contributed by atoms with Gasteiger partial charge in [0.05, 0.1) is 26.9 Å². The molecule has 0 atom stereocenters. The maximum atomic E-state index is 11.6. The highest BCUT2D eigenvalue weighted by Gasteiger charge is 2.24. The minimum absolute atomic E-state index is 0.418. The highest BCUT2D eigenvalue weighted by molar-refractivity contribution is 5.86. The average molecular weight is 301 g/mol. The number of methoxy groups -OCH3 is 3. The maximum absolute atomic E-state index is 11.6. The number of aldehydes is 1. The SMILES string of the molecule is COc1c(C)c(OC)c(OC)c(C=O)c1Cc1ccccn1. The van der Waals surface area contributed by atoms with Gasteiger partial charge in [0.1, 0.15) is 5.75 Å². The highest BCUT2D eigenvalue weighted by atomic mass is 16.5. The molecular formula is C17H19NO4. The molecule has 1 aromatic carbocycles. The number of rotatable bonds is 6. The van der Waals surface area contributed by atoms with Gasteiger partial charge in [0.25, 0.3) is 0 Å². The third-order valence-corrected chi connectivity index (χ3v) is 3.55. The molecule has 0 aliphatic heterocycles. The summed E-state index contributed by atoms with van der Waals surface area (Å²) in [4.78, 5) is 15.9. The van der Waals surface area contributed by atoms with Crippen LogP contribution in [0.3, 0.4) is 0 Å². The molecule has 0 spiro atoms. The second-order valence-electron chi connectivity index (χ2n) is 4.73. The Labute approximate surface area is 129 Å². The quantitative estimate of drug-likeness (QED) is 0.768. The molecule has 0 amide bonds. The van der Waals surface area contributed by atoms with E-state index in [9.17, 15) is 4.79 Å². The van der Waals surface area contributed by atoms with Crippen molar-refractivity contribution >= 4 is 6.29 Å². The number of hydrogen-bond acceptors (Lipinski definition) is 5. The Hall–Kier alpha value is -2.56. The maximum Gasteiger partial charge on any atom is 0.172 e. The van der Waals surface area contributed by atoms with E-state index < -0.39 is 0 Å². The first-order valence-electron chi connectivity index (χ1n) is 6.84. The van der Waals surface area contributed by atoms with Crippen LogP contribution in [-0.4, -0.2) is 32.6 Å². The van der Waals surface area contributed by atoms with E-state index >= 15 is 0 Å². The second-order valence-corrected chi connectivity index (χ2v) is 4.73. The van der Waals surface area contributed by atoms with Crippen molar-refractivity contribution in [1.29, 1.82) is 0 Å². The molecule has 0 aliphatic rings. The first-order chi connectivity index (χ1) is 10.7. The predicted octanol–water partition coefficient (Wildman–Crippen LogP) is 2.82. The van der Waals surface area contributed by atoms with Crippen LogP contribution in [0.25, 0.3) is 0 Å². The topological polar surface area (TPSA) is 57.7 Å². The lowest BCUT2D eigenvalue weighted by molar-refractivity contribution is 0.111. The Morgan fingerprint density at radius 2 is 1.73 bits per heavy atom. The third-order valence-electron chi connectivity index (χ3n) is 3.55. The molecule has 0 saturated heterocycles. The first kappa shape index (κ1) is 15.8. The molecule has 0 unspecified atom stereocenters. The van der Waals surface area contributed by atoms with Crippen LogP contribution in [0, 0.1) is 6.92 Å². The molecule has 0 aliphatic carbocycles. The van der Waals surface area contributed by atoms with Gasteiger partial charge >= 0.3 is 0 Å². The van der Waals surface area contributed by atoms with E-state index in [1.54, 1.807) is 13.3 Å². The molecule has 0 saturated carbocycles. The minimum atomic E-state index is 0.418. The van der Waals surface area contributed by atoms with E-state index in [1.165, 1.54) is 14.2 Å². The smallest absolute Gasteiger partial charge is 0.172 e. The van der Waals surface area contributed by atoms with Crippen LogP contribution in [0.4, 0.5) is 0 Å². The standard InChI is InChI=1S/C17H19NO4/c1-11-15(20-2)13(9-12-7-5-6-8-18-12)14(10-19)17(22-4)16(11)21-3/h5-8,10H,9H2,1-4H3. The van der Waals surface area contributed by atoms with Crippen LogP contribution in [-0.2, 0) is 6.42 Å². The summed E-state index contributed by atoms with van der Waals surface area (Å²) >= 11 is 0. The Bertz CT molecular complexity index is 668. The van der Waals surface area contributed by atoms with Gasteiger partial charge in [0.2, 0.25) is 0 Å². The van der Waals surface area contributed by atoms with Crippen molar-refractivity contribution in [2.75, 3.05) is 21.3 Å². The van der Waals surface area contributed by atoms with Gasteiger partial charge in [0, 0.05) is 29.4 Å². The molecule has 1 heterocycles. The van der Waals surface area contributed by atoms with E-state index in [0.717, 1.165) is 23.1 Å². The predicted molar refractivity (Wildman–Crippen MR) is 83.3 cm³/mol. The van der Waals surface area contributed by atoms with E-state index in [1.807, 2.05) is 25.1 Å². The lowest BCUT2D eigenvalue weighted by atomic mass is 9.96. The van der Waals surface area contributed by atoms with E-state index in [4.69, 9.17) is 14.2 Å². The van der Waals surface area contributed by atoms with Crippen LogP contribution >= 0.6 is 0 Å². The van der Waals surface area contributed by atoms with Crippen molar-refractivity contribution in [1.82, 2.24) is 4.98 Å². The molecule has 0 bridgehead atoms. The molecule has 5 heteroatoms. The fourth-order valence-corrected chi connectivity index (χ4v) is 2.59. The van der Waals surface area contributed by atoms with Crippen molar-refractivity contribution in [2.24, 2.45) is 0 Å². The zero-order valence-electron chi connectivity index (χ0n) is 13.2. The van der Waals surface area contributed by atoms with Crippen LogP contribution in [0.15, 0.2) is 24.4 Å². The van der Waals surface area contributed by atoms with Crippen molar-refractivity contribution in [3.8, 4) is 17.2 Å². The van der Waals surface area contributed by atoms with Gasteiger partial charge in [-0.25, -0.2) is 0 Å². The number of nitrogens with zero attached hydrogens (tertiary/aromatic N) is 1. The van der Waals surface area contributed by atoms with Gasteiger partial charge < -0.3 is 14.2 Å². The Balaban J connectivity index is 2.70. The van der Waals surface area contributed by atoms with Gasteiger partial charge in [-0.05, 0) is 19.1 Å².